The summed E-state index contributed by atoms with van der Waals surface area (Å²) in [6.45, 7) is 6.83. The molecule has 1 N–H and O–H groups in total. The molecule has 0 aliphatic heterocycles. The molecule has 3 heteroatoms. The lowest BCUT2D eigenvalue weighted by Gasteiger charge is -2.01. The molecule has 0 spiro atoms. The van der Waals surface area contributed by atoms with Crippen LogP contribution in [0.1, 0.15) is 32.8 Å². The van der Waals surface area contributed by atoms with Gasteiger partial charge in [0.15, 0.2) is 0 Å². The highest BCUT2D eigenvalue weighted by Gasteiger charge is 2.00. The van der Waals surface area contributed by atoms with E-state index in [0.29, 0.717) is 12.1 Å². The molecular weight excluding hydrogens is 220 g/mol. The molecule has 1 nitrogen and oxygen atoms in total. The van der Waals surface area contributed by atoms with Crippen LogP contribution in [0.2, 0.25) is 0 Å². The maximum absolute atomic E-state index is 13.1. The lowest BCUT2D eigenvalue weighted by atomic mass is 10.1. The van der Waals surface area contributed by atoms with Crippen molar-refractivity contribution in [2.24, 2.45) is 0 Å². The van der Waals surface area contributed by atoms with Gasteiger partial charge >= 0.3 is 0 Å². The van der Waals surface area contributed by atoms with Crippen molar-refractivity contribution in [1.29, 1.82) is 0 Å². The Balaban J connectivity index is 0.000000770. The van der Waals surface area contributed by atoms with Crippen molar-refractivity contribution >= 4 is 6.08 Å². The number of likely N-dealkylation sites (N-methyl/N-ethyl adjacent to an activating group) is 1. The Morgan fingerprint density at radius 2 is 1.88 bits per heavy atom. The van der Waals surface area contributed by atoms with Crippen molar-refractivity contribution in [3.63, 3.8) is 0 Å². The highest BCUT2D eigenvalue weighted by Crippen LogP contribution is 2.12. The van der Waals surface area contributed by atoms with Crippen molar-refractivity contribution in [3.05, 3.63) is 41.0 Å². The highest BCUT2D eigenvalue weighted by atomic mass is 19.1. The number of halogens is 2. The van der Waals surface area contributed by atoms with E-state index in [1.54, 1.807) is 6.08 Å². The van der Waals surface area contributed by atoms with Gasteiger partial charge in [-0.05, 0) is 26.1 Å². The number of hydrogen-bond acceptors (Lipinski definition) is 1. The van der Waals surface area contributed by atoms with Crippen LogP contribution in [-0.2, 0) is 0 Å². The monoisotopic (exact) mass is 241 g/mol. The van der Waals surface area contributed by atoms with E-state index in [0.717, 1.165) is 11.6 Å². The van der Waals surface area contributed by atoms with Crippen molar-refractivity contribution in [2.75, 3.05) is 13.6 Å². The minimum absolute atomic E-state index is 0.416. The molecule has 96 valence electrons. The Morgan fingerprint density at radius 3 is 2.35 bits per heavy atom. The SMILES string of the molecule is CCC.CNC/C(C)=C/c1ccc(F)cc1F. The highest BCUT2D eigenvalue weighted by molar-refractivity contribution is 5.53. The topological polar surface area (TPSA) is 12.0 Å². The molecular formula is C14H21F2N. The molecule has 0 saturated carbocycles. The summed E-state index contributed by atoms with van der Waals surface area (Å²) in [6.07, 6.45) is 2.95. The van der Waals surface area contributed by atoms with Gasteiger partial charge in [-0.1, -0.05) is 31.9 Å². The fourth-order valence-corrected chi connectivity index (χ4v) is 1.21. The summed E-state index contributed by atoms with van der Waals surface area (Å²) in [5.41, 5.74) is 1.41. The summed E-state index contributed by atoms with van der Waals surface area (Å²) in [7, 11) is 1.82. The fraction of sp³-hybridized carbons (Fsp3) is 0.429. The number of nitrogens with one attached hydrogen (secondary N) is 1. The molecule has 0 saturated heterocycles. The van der Waals surface area contributed by atoms with Crippen molar-refractivity contribution in [2.45, 2.75) is 27.2 Å². The molecule has 1 aromatic carbocycles. The second-order valence-corrected chi connectivity index (χ2v) is 3.89. The van der Waals surface area contributed by atoms with E-state index in [4.69, 9.17) is 0 Å². The molecule has 0 fully saturated rings. The average Bonchev–Trinajstić information content (AvgIpc) is 2.24. The van der Waals surface area contributed by atoms with Gasteiger partial charge in [-0.15, -0.1) is 0 Å². The third-order valence-corrected chi connectivity index (χ3v) is 1.82. The zero-order valence-corrected chi connectivity index (χ0v) is 11.0. The molecule has 1 rings (SSSR count). The lowest BCUT2D eigenvalue weighted by Crippen LogP contribution is -2.08. The van der Waals surface area contributed by atoms with E-state index >= 15 is 0 Å². The van der Waals surface area contributed by atoms with Crippen LogP contribution >= 0.6 is 0 Å². The van der Waals surface area contributed by atoms with Gasteiger partial charge in [0.25, 0.3) is 0 Å². The van der Waals surface area contributed by atoms with Crippen molar-refractivity contribution < 1.29 is 8.78 Å². The maximum atomic E-state index is 13.1. The Hall–Kier alpha value is -1.22. The number of rotatable bonds is 3. The zero-order chi connectivity index (χ0) is 13.3. The smallest absolute Gasteiger partial charge is 0.133 e. The Morgan fingerprint density at radius 1 is 1.29 bits per heavy atom. The number of benzene rings is 1. The van der Waals surface area contributed by atoms with Gasteiger partial charge in [-0.3, -0.25) is 0 Å². The first-order valence-electron chi connectivity index (χ1n) is 5.81. The summed E-state index contributed by atoms with van der Waals surface area (Å²) in [6, 6.07) is 3.57. The van der Waals surface area contributed by atoms with Crippen LogP contribution in [0.25, 0.3) is 6.08 Å². The quantitative estimate of drug-likeness (QED) is 0.843. The maximum Gasteiger partial charge on any atom is 0.133 e. The third kappa shape index (κ3) is 6.84. The Kier molecular flexibility index (Phi) is 8.24. The predicted molar refractivity (Wildman–Crippen MR) is 69.9 cm³/mol. The van der Waals surface area contributed by atoms with Gasteiger partial charge < -0.3 is 5.32 Å². The zero-order valence-electron chi connectivity index (χ0n) is 11.0. The van der Waals surface area contributed by atoms with E-state index in [2.05, 4.69) is 19.2 Å². The second-order valence-electron chi connectivity index (χ2n) is 3.89. The molecule has 0 bridgehead atoms. The third-order valence-electron chi connectivity index (χ3n) is 1.82. The molecule has 0 aliphatic carbocycles. The molecule has 0 aliphatic rings. The molecule has 1 aromatic rings. The van der Waals surface area contributed by atoms with Gasteiger partial charge in [-0.25, -0.2) is 8.78 Å². The first-order chi connectivity index (χ1) is 8.04. The molecule has 17 heavy (non-hydrogen) atoms. The van der Waals surface area contributed by atoms with Crippen LogP contribution < -0.4 is 5.32 Å². The molecule has 0 atom stereocenters. The van der Waals surface area contributed by atoms with Gasteiger partial charge in [-0.2, -0.15) is 0 Å². The second kappa shape index (κ2) is 8.88. The van der Waals surface area contributed by atoms with Gasteiger partial charge in [0, 0.05) is 18.2 Å². The van der Waals surface area contributed by atoms with Crippen LogP contribution in [0, 0.1) is 11.6 Å². The standard InChI is InChI=1S/C11H13F2N.C3H8/c1-8(7-14-2)5-9-3-4-10(12)6-11(9)13;1-3-2/h3-6,14H,7H2,1-2H3;3H2,1-2H3/b8-5+;. The van der Waals surface area contributed by atoms with Crippen LogP contribution in [-0.4, -0.2) is 13.6 Å². The van der Waals surface area contributed by atoms with E-state index in [9.17, 15) is 8.78 Å². The van der Waals surface area contributed by atoms with E-state index < -0.39 is 11.6 Å². The average molecular weight is 241 g/mol. The van der Waals surface area contributed by atoms with Crippen molar-refractivity contribution in [3.8, 4) is 0 Å². The normalized spacial score (nSPS) is 10.8. The first-order valence-corrected chi connectivity index (χ1v) is 5.81. The Bertz CT molecular complexity index is 359. The van der Waals surface area contributed by atoms with Gasteiger partial charge in [0.1, 0.15) is 11.6 Å². The minimum Gasteiger partial charge on any atom is -0.316 e. The van der Waals surface area contributed by atoms with Gasteiger partial charge in [0.05, 0.1) is 0 Å². The summed E-state index contributed by atoms with van der Waals surface area (Å²) >= 11 is 0. The van der Waals surface area contributed by atoms with Gasteiger partial charge in [0.2, 0.25) is 0 Å². The molecule has 0 heterocycles. The van der Waals surface area contributed by atoms with Crippen LogP contribution in [0.5, 0.6) is 0 Å². The van der Waals surface area contributed by atoms with Crippen LogP contribution in [0.4, 0.5) is 8.78 Å². The predicted octanol–water partition coefficient (Wildman–Crippen LogP) is 4.00. The molecule has 0 radical (unpaired) electrons. The van der Waals surface area contributed by atoms with E-state index in [-0.39, 0.29) is 0 Å². The number of hydrogen-bond donors (Lipinski definition) is 1. The van der Waals surface area contributed by atoms with Crippen LogP contribution in [0.3, 0.4) is 0 Å². The minimum atomic E-state index is -0.550. The summed E-state index contributed by atoms with van der Waals surface area (Å²) < 4.78 is 25.7. The van der Waals surface area contributed by atoms with E-state index in [1.165, 1.54) is 18.6 Å². The lowest BCUT2D eigenvalue weighted by molar-refractivity contribution is 0.581. The van der Waals surface area contributed by atoms with Crippen molar-refractivity contribution in [1.82, 2.24) is 5.32 Å². The first kappa shape index (κ1) is 15.8. The van der Waals surface area contributed by atoms with E-state index in [1.807, 2.05) is 14.0 Å². The molecule has 0 unspecified atom stereocenters. The summed E-state index contributed by atoms with van der Waals surface area (Å²) in [5.74, 6) is -1.08. The summed E-state index contributed by atoms with van der Waals surface area (Å²) in [4.78, 5) is 0. The molecule has 0 amide bonds. The summed E-state index contributed by atoms with van der Waals surface area (Å²) in [5, 5.41) is 2.95. The fourth-order valence-electron chi connectivity index (χ4n) is 1.21. The Labute approximate surface area is 103 Å². The van der Waals surface area contributed by atoms with Crippen LogP contribution in [0.15, 0.2) is 23.8 Å². The largest absolute Gasteiger partial charge is 0.316 e. The molecule has 0 aromatic heterocycles.